The van der Waals surface area contributed by atoms with E-state index in [-0.39, 0.29) is 12.2 Å². The van der Waals surface area contributed by atoms with Gasteiger partial charge in [-0.3, -0.25) is 4.79 Å². The standard InChI is InChI=1S/C12H15NO4S/c1-9-2-3-11-10(8-9)13(5-4-12(14)15)6-7-18(11,16)17/h2-3,8H,4-7H2,1H3,(H,14,15). The molecular formula is C12H15NO4S. The molecule has 0 aliphatic carbocycles. The summed E-state index contributed by atoms with van der Waals surface area (Å²) in [6.07, 6.45) is 0.00737. The summed E-state index contributed by atoms with van der Waals surface area (Å²) in [5, 5.41) is 8.70. The second-order valence-electron chi connectivity index (χ2n) is 4.42. The number of aryl methyl sites for hydroxylation is 1. The molecule has 0 aromatic heterocycles. The summed E-state index contributed by atoms with van der Waals surface area (Å²) in [5.74, 6) is -0.833. The monoisotopic (exact) mass is 269 g/mol. The molecule has 0 radical (unpaired) electrons. The van der Waals surface area contributed by atoms with Crippen LogP contribution < -0.4 is 4.90 Å². The molecule has 1 aromatic rings. The van der Waals surface area contributed by atoms with Crippen molar-refractivity contribution in [3.05, 3.63) is 23.8 Å². The minimum Gasteiger partial charge on any atom is -0.481 e. The van der Waals surface area contributed by atoms with Gasteiger partial charge in [0.1, 0.15) is 0 Å². The molecule has 1 aliphatic rings. The minimum absolute atomic E-state index is 0.00737. The first-order valence-electron chi connectivity index (χ1n) is 5.70. The van der Waals surface area contributed by atoms with Gasteiger partial charge in [0.2, 0.25) is 0 Å². The second-order valence-corrected chi connectivity index (χ2v) is 6.50. The van der Waals surface area contributed by atoms with E-state index in [0.29, 0.717) is 23.7 Å². The van der Waals surface area contributed by atoms with Crippen LogP contribution in [0, 0.1) is 6.92 Å². The summed E-state index contributed by atoms with van der Waals surface area (Å²) in [4.78, 5) is 12.7. The lowest BCUT2D eigenvalue weighted by molar-refractivity contribution is -0.136. The molecule has 6 heteroatoms. The molecule has 1 N–H and O–H groups in total. The molecule has 0 unspecified atom stereocenters. The van der Waals surface area contributed by atoms with Crippen LogP contribution in [-0.4, -0.2) is 38.3 Å². The third-order valence-corrected chi connectivity index (χ3v) is 4.75. The number of hydrogen-bond donors (Lipinski definition) is 1. The number of aliphatic carboxylic acids is 1. The Hall–Kier alpha value is -1.56. The SMILES string of the molecule is Cc1ccc2c(c1)N(CCC(=O)O)CCS2(=O)=O. The van der Waals surface area contributed by atoms with Gasteiger partial charge in [0.25, 0.3) is 0 Å². The van der Waals surface area contributed by atoms with Crippen molar-refractivity contribution >= 4 is 21.5 Å². The number of rotatable bonds is 3. The van der Waals surface area contributed by atoms with E-state index >= 15 is 0 Å². The van der Waals surface area contributed by atoms with Crippen LogP contribution in [0.2, 0.25) is 0 Å². The van der Waals surface area contributed by atoms with Crippen LogP contribution in [-0.2, 0) is 14.6 Å². The zero-order valence-electron chi connectivity index (χ0n) is 10.1. The lowest BCUT2D eigenvalue weighted by Gasteiger charge is -2.30. The van der Waals surface area contributed by atoms with Crippen LogP contribution >= 0.6 is 0 Å². The van der Waals surface area contributed by atoms with Gasteiger partial charge in [-0.15, -0.1) is 0 Å². The van der Waals surface area contributed by atoms with Gasteiger partial charge in [0.15, 0.2) is 9.84 Å². The van der Waals surface area contributed by atoms with Crippen LogP contribution in [0.4, 0.5) is 5.69 Å². The lowest BCUT2D eigenvalue weighted by Crippen LogP contribution is -2.36. The van der Waals surface area contributed by atoms with Crippen molar-refractivity contribution < 1.29 is 18.3 Å². The van der Waals surface area contributed by atoms with Gasteiger partial charge in [0, 0.05) is 13.1 Å². The Kier molecular flexibility index (Phi) is 3.30. The Morgan fingerprint density at radius 3 is 2.83 bits per heavy atom. The molecule has 1 aromatic carbocycles. The molecule has 1 heterocycles. The number of anilines is 1. The van der Waals surface area contributed by atoms with Crippen molar-refractivity contribution in [2.75, 3.05) is 23.7 Å². The lowest BCUT2D eigenvalue weighted by atomic mass is 10.2. The summed E-state index contributed by atoms with van der Waals surface area (Å²) in [6.45, 7) is 2.57. The average Bonchev–Trinajstić information content (AvgIpc) is 2.27. The number of fused-ring (bicyclic) bond motifs is 1. The van der Waals surface area contributed by atoms with E-state index in [1.165, 1.54) is 0 Å². The molecule has 1 aliphatic heterocycles. The summed E-state index contributed by atoms with van der Waals surface area (Å²) in [5.41, 5.74) is 1.59. The maximum absolute atomic E-state index is 11.9. The van der Waals surface area contributed by atoms with Gasteiger partial charge in [-0.05, 0) is 24.6 Å². The highest BCUT2D eigenvalue weighted by molar-refractivity contribution is 7.91. The number of carboxylic acid groups (broad SMARTS) is 1. The van der Waals surface area contributed by atoms with Gasteiger partial charge >= 0.3 is 5.97 Å². The number of nitrogens with zero attached hydrogens (tertiary/aromatic N) is 1. The number of carbonyl (C=O) groups is 1. The van der Waals surface area contributed by atoms with Gasteiger partial charge in [0.05, 0.1) is 22.8 Å². The van der Waals surface area contributed by atoms with Crippen molar-refractivity contribution in [1.29, 1.82) is 0 Å². The maximum Gasteiger partial charge on any atom is 0.305 e. The van der Waals surface area contributed by atoms with Crippen LogP contribution in [0.25, 0.3) is 0 Å². The Bertz CT molecular complexity index is 580. The quantitative estimate of drug-likeness (QED) is 0.888. The topological polar surface area (TPSA) is 74.7 Å². The van der Waals surface area contributed by atoms with Gasteiger partial charge in [-0.2, -0.15) is 0 Å². The number of sulfone groups is 1. The first-order valence-corrected chi connectivity index (χ1v) is 7.35. The number of benzene rings is 1. The molecule has 0 atom stereocenters. The van der Waals surface area contributed by atoms with Crippen molar-refractivity contribution in [1.82, 2.24) is 0 Å². The molecular weight excluding hydrogens is 254 g/mol. The molecule has 0 saturated heterocycles. The van der Waals surface area contributed by atoms with E-state index in [1.54, 1.807) is 18.2 Å². The van der Waals surface area contributed by atoms with Gasteiger partial charge < -0.3 is 10.0 Å². The fourth-order valence-electron chi connectivity index (χ4n) is 2.06. The highest BCUT2D eigenvalue weighted by atomic mass is 32.2. The van der Waals surface area contributed by atoms with E-state index in [4.69, 9.17) is 5.11 Å². The zero-order valence-corrected chi connectivity index (χ0v) is 10.9. The third-order valence-electron chi connectivity index (χ3n) is 3.02. The Labute approximate surface area is 106 Å². The summed E-state index contributed by atoms with van der Waals surface area (Å²) in [7, 11) is -3.22. The Morgan fingerprint density at radius 1 is 1.44 bits per heavy atom. The van der Waals surface area contributed by atoms with Crippen molar-refractivity contribution in [3.63, 3.8) is 0 Å². The number of carboxylic acids is 1. The Morgan fingerprint density at radius 2 is 2.17 bits per heavy atom. The average molecular weight is 269 g/mol. The fraction of sp³-hybridized carbons (Fsp3) is 0.417. The third kappa shape index (κ3) is 2.48. The zero-order chi connectivity index (χ0) is 13.3. The predicted molar refractivity (Wildman–Crippen MR) is 67.7 cm³/mol. The van der Waals surface area contributed by atoms with Crippen LogP contribution in [0.3, 0.4) is 0 Å². The fourth-order valence-corrected chi connectivity index (χ4v) is 3.52. The maximum atomic E-state index is 11.9. The molecule has 5 nitrogen and oxygen atoms in total. The first-order chi connectivity index (χ1) is 8.40. The molecule has 0 amide bonds. The predicted octanol–water partition coefficient (Wildman–Crippen LogP) is 1.06. The minimum atomic E-state index is -3.22. The van der Waals surface area contributed by atoms with Crippen LogP contribution in [0.15, 0.2) is 23.1 Å². The van der Waals surface area contributed by atoms with Crippen molar-refractivity contribution in [2.45, 2.75) is 18.2 Å². The first kappa shape index (κ1) is 12.9. The molecule has 0 fully saturated rings. The van der Waals surface area contributed by atoms with Gasteiger partial charge in [-0.25, -0.2) is 8.42 Å². The van der Waals surface area contributed by atoms with E-state index in [0.717, 1.165) is 5.56 Å². The Balaban J connectivity index is 2.38. The molecule has 18 heavy (non-hydrogen) atoms. The molecule has 98 valence electrons. The highest BCUT2D eigenvalue weighted by Gasteiger charge is 2.28. The van der Waals surface area contributed by atoms with E-state index < -0.39 is 15.8 Å². The summed E-state index contributed by atoms with van der Waals surface area (Å²) < 4.78 is 23.9. The molecule has 2 rings (SSSR count). The van der Waals surface area contributed by atoms with Crippen LogP contribution in [0.1, 0.15) is 12.0 Å². The number of hydrogen-bond acceptors (Lipinski definition) is 4. The summed E-state index contributed by atoms with van der Waals surface area (Å²) in [6, 6.07) is 5.16. The summed E-state index contributed by atoms with van der Waals surface area (Å²) >= 11 is 0. The largest absolute Gasteiger partial charge is 0.481 e. The van der Waals surface area contributed by atoms with Gasteiger partial charge in [-0.1, -0.05) is 6.07 Å². The molecule has 0 saturated carbocycles. The normalized spacial score (nSPS) is 17.3. The van der Waals surface area contributed by atoms with E-state index in [9.17, 15) is 13.2 Å². The molecule has 0 bridgehead atoms. The van der Waals surface area contributed by atoms with Crippen LogP contribution in [0.5, 0.6) is 0 Å². The van der Waals surface area contributed by atoms with Crippen molar-refractivity contribution in [3.8, 4) is 0 Å². The van der Waals surface area contributed by atoms with Crippen molar-refractivity contribution in [2.24, 2.45) is 0 Å². The van der Waals surface area contributed by atoms with E-state index in [1.807, 2.05) is 11.8 Å². The second kappa shape index (κ2) is 4.61. The smallest absolute Gasteiger partial charge is 0.305 e. The highest BCUT2D eigenvalue weighted by Crippen LogP contribution is 2.31. The van der Waals surface area contributed by atoms with E-state index in [2.05, 4.69) is 0 Å². The molecule has 0 spiro atoms.